The molecule has 0 amide bonds. The van der Waals surface area contributed by atoms with Gasteiger partial charge in [-0.1, -0.05) is 19.9 Å². The summed E-state index contributed by atoms with van der Waals surface area (Å²) in [6.45, 7) is 10.5. The molecule has 3 unspecified atom stereocenters. The first-order valence-electron chi connectivity index (χ1n) is 13.6. The lowest BCUT2D eigenvalue weighted by Gasteiger charge is -2.64. The van der Waals surface area contributed by atoms with Gasteiger partial charge in [0.05, 0.1) is 18.1 Å². The maximum atomic E-state index is 13.1. The second kappa shape index (κ2) is 10.7. The minimum Gasteiger partial charge on any atom is -0.465 e. The zero-order chi connectivity index (χ0) is 28.8. The second-order valence-electron chi connectivity index (χ2n) is 11.8. The third-order valence-electron chi connectivity index (χ3n) is 9.66. The fourth-order valence-electron chi connectivity index (χ4n) is 7.33. The van der Waals surface area contributed by atoms with Crippen molar-refractivity contribution in [1.29, 1.82) is 0 Å². The van der Waals surface area contributed by atoms with E-state index in [4.69, 9.17) is 23.7 Å². The molecule has 1 saturated heterocycles. The van der Waals surface area contributed by atoms with Crippen molar-refractivity contribution in [2.24, 2.45) is 22.7 Å². The van der Waals surface area contributed by atoms with Crippen LogP contribution in [0.25, 0.3) is 0 Å². The van der Waals surface area contributed by atoms with Gasteiger partial charge in [-0.25, -0.2) is 9.59 Å². The Labute approximate surface area is 229 Å². The molecule has 3 fully saturated rings. The molecule has 2 aliphatic carbocycles. The maximum Gasteiger partial charge on any atom is 0.333 e. The summed E-state index contributed by atoms with van der Waals surface area (Å²) in [5.41, 5.74) is -1.56. The molecule has 2 aliphatic heterocycles. The van der Waals surface area contributed by atoms with Crippen LogP contribution in [-0.2, 0) is 42.9 Å². The number of aliphatic hydroxyl groups excluding tert-OH is 1. The third-order valence-corrected chi connectivity index (χ3v) is 9.66. The number of carbonyl (C=O) groups is 4. The molecule has 39 heavy (non-hydrogen) atoms. The number of carbonyl (C=O) groups excluding carboxylic acids is 4. The van der Waals surface area contributed by atoms with Crippen LogP contribution in [0.2, 0.25) is 0 Å². The van der Waals surface area contributed by atoms with Crippen LogP contribution >= 0.6 is 0 Å². The molecular weight excluding hydrogens is 508 g/mol. The lowest BCUT2D eigenvalue weighted by molar-refractivity contribution is -0.258. The van der Waals surface area contributed by atoms with Gasteiger partial charge in [0.25, 0.3) is 0 Å². The zero-order valence-electron chi connectivity index (χ0n) is 23.6. The fourth-order valence-corrected chi connectivity index (χ4v) is 7.33. The number of fused-ring (bicyclic) bond motifs is 2. The predicted octanol–water partition coefficient (Wildman–Crippen LogP) is 2.80. The molecule has 4 aliphatic rings. The van der Waals surface area contributed by atoms with Crippen LogP contribution in [0.4, 0.5) is 0 Å². The largest absolute Gasteiger partial charge is 0.465 e. The highest BCUT2D eigenvalue weighted by Gasteiger charge is 2.77. The second-order valence-corrected chi connectivity index (χ2v) is 11.8. The number of epoxide rings is 1. The lowest BCUT2D eigenvalue weighted by atomic mass is 9.42. The van der Waals surface area contributed by atoms with Gasteiger partial charge in [0.15, 0.2) is 0 Å². The predicted molar refractivity (Wildman–Crippen MR) is 137 cm³/mol. The molecule has 4 rings (SSSR count). The standard InChI is InChI=1S/C29H40O10/c1-7-16(2)26(34)39-22-8-9-28(14-37-28)29(15-36-18(4)30)23(38-19(5)31)10-17(3)27(6,25(22)29)12-21(32)20-11-24(33)35-13-20/h7,11,17,21-23,25,32H,8-10,12-15H2,1-6H3/b16-7+/t17?,21-,22+,23?,25+,27-,28-,29?/m0/s1. The minimum absolute atomic E-state index is 0.00967. The van der Waals surface area contributed by atoms with Crippen LogP contribution in [0.15, 0.2) is 23.3 Å². The first kappa shape index (κ1) is 29.3. The van der Waals surface area contributed by atoms with Crippen LogP contribution in [-0.4, -0.2) is 72.7 Å². The van der Waals surface area contributed by atoms with Crippen LogP contribution in [0, 0.1) is 22.7 Å². The molecular formula is C29H40O10. The summed E-state index contributed by atoms with van der Waals surface area (Å²) in [5, 5.41) is 11.3. The first-order valence-corrected chi connectivity index (χ1v) is 13.6. The van der Waals surface area contributed by atoms with Gasteiger partial charge in [0.1, 0.15) is 31.0 Å². The van der Waals surface area contributed by atoms with E-state index in [0.717, 1.165) is 0 Å². The normalized spacial score (nSPS) is 38.3. The topological polar surface area (TPSA) is 138 Å². The van der Waals surface area contributed by atoms with E-state index in [1.54, 1.807) is 19.9 Å². The van der Waals surface area contributed by atoms with E-state index in [1.165, 1.54) is 19.9 Å². The quantitative estimate of drug-likeness (QED) is 0.209. The van der Waals surface area contributed by atoms with E-state index in [1.807, 2.05) is 13.8 Å². The Hall–Kier alpha value is -2.72. The van der Waals surface area contributed by atoms with Gasteiger partial charge in [-0.2, -0.15) is 0 Å². The number of hydrogen-bond donors (Lipinski definition) is 1. The highest BCUT2D eigenvalue weighted by atomic mass is 16.6. The van der Waals surface area contributed by atoms with Crippen molar-refractivity contribution in [2.75, 3.05) is 19.8 Å². The molecule has 0 radical (unpaired) electrons. The molecule has 2 heterocycles. The first-order chi connectivity index (χ1) is 18.3. The SMILES string of the molecule is C/C=C(\C)C(=O)O[C@@H]1CC[C@]2(CO2)C2(COC(C)=O)C(OC(C)=O)CC(C)[C@](C)(C[C@H](O)C3=CC(=O)OC3)[C@@H]12. The van der Waals surface area contributed by atoms with E-state index in [-0.39, 0.29) is 25.6 Å². The van der Waals surface area contributed by atoms with E-state index < -0.39 is 64.5 Å². The Balaban J connectivity index is 1.87. The Morgan fingerprint density at radius 2 is 1.90 bits per heavy atom. The molecule has 10 heteroatoms. The number of rotatable bonds is 8. The summed E-state index contributed by atoms with van der Waals surface area (Å²) >= 11 is 0. The molecule has 8 atom stereocenters. The van der Waals surface area contributed by atoms with E-state index >= 15 is 0 Å². The lowest BCUT2D eigenvalue weighted by Crippen LogP contribution is -2.71. The van der Waals surface area contributed by atoms with Crippen LogP contribution in [0.5, 0.6) is 0 Å². The van der Waals surface area contributed by atoms with Crippen molar-refractivity contribution >= 4 is 23.9 Å². The third kappa shape index (κ3) is 5.13. The number of allylic oxidation sites excluding steroid dienone is 1. The molecule has 1 N–H and O–H groups in total. The molecule has 0 aromatic carbocycles. The minimum atomic E-state index is -1.03. The Morgan fingerprint density at radius 1 is 1.21 bits per heavy atom. The number of ether oxygens (including phenoxy) is 5. The van der Waals surface area contributed by atoms with Gasteiger partial charge in [-0.15, -0.1) is 0 Å². The van der Waals surface area contributed by atoms with Crippen molar-refractivity contribution < 1.29 is 48.0 Å². The van der Waals surface area contributed by atoms with Crippen LogP contribution in [0.1, 0.15) is 67.2 Å². The molecule has 10 nitrogen and oxygen atoms in total. The highest BCUT2D eigenvalue weighted by molar-refractivity contribution is 5.87. The summed E-state index contributed by atoms with van der Waals surface area (Å²) < 4.78 is 29.0. The molecule has 0 aromatic heterocycles. The van der Waals surface area contributed by atoms with Crippen LogP contribution in [0.3, 0.4) is 0 Å². The summed E-state index contributed by atoms with van der Waals surface area (Å²) in [5.74, 6) is -2.56. The number of cyclic esters (lactones) is 1. The smallest absolute Gasteiger partial charge is 0.333 e. The van der Waals surface area contributed by atoms with Crippen molar-refractivity contribution in [2.45, 2.75) is 91.1 Å². The summed E-state index contributed by atoms with van der Waals surface area (Å²) in [6.07, 6.45) is 2.35. The average molecular weight is 549 g/mol. The summed E-state index contributed by atoms with van der Waals surface area (Å²) in [4.78, 5) is 49.4. The fraction of sp³-hybridized carbons (Fsp3) is 0.724. The van der Waals surface area contributed by atoms with Gasteiger partial charge in [-0.05, 0) is 50.9 Å². The number of esters is 4. The zero-order valence-corrected chi connectivity index (χ0v) is 23.6. The average Bonchev–Trinajstić information content (AvgIpc) is 3.52. The van der Waals surface area contributed by atoms with E-state index in [2.05, 4.69) is 0 Å². The van der Waals surface area contributed by atoms with Gasteiger partial charge >= 0.3 is 23.9 Å². The summed E-state index contributed by atoms with van der Waals surface area (Å²) in [7, 11) is 0. The van der Waals surface area contributed by atoms with Gasteiger partial charge in [-0.3, -0.25) is 9.59 Å². The van der Waals surface area contributed by atoms with E-state index in [0.29, 0.717) is 37.0 Å². The van der Waals surface area contributed by atoms with Crippen molar-refractivity contribution in [3.05, 3.63) is 23.3 Å². The maximum absolute atomic E-state index is 13.1. The van der Waals surface area contributed by atoms with Crippen LogP contribution < -0.4 is 0 Å². The molecule has 0 bridgehead atoms. The molecule has 216 valence electrons. The Morgan fingerprint density at radius 3 is 2.44 bits per heavy atom. The molecule has 0 aromatic rings. The van der Waals surface area contributed by atoms with Crippen molar-refractivity contribution in [1.82, 2.24) is 0 Å². The van der Waals surface area contributed by atoms with Crippen molar-refractivity contribution in [3.8, 4) is 0 Å². The summed E-state index contributed by atoms with van der Waals surface area (Å²) in [6, 6.07) is 0. The van der Waals surface area contributed by atoms with Gasteiger partial charge < -0.3 is 28.8 Å². The van der Waals surface area contributed by atoms with Gasteiger partial charge in [0.2, 0.25) is 0 Å². The Kier molecular flexibility index (Phi) is 8.02. The highest BCUT2D eigenvalue weighted by Crippen LogP contribution is 2.69. The molecule has 2 saturated carbocycles. The molecule has 1 spiro atoms. The Bertz CT molecular complexity index is 1090. The van der Waals surface area contributed by atoms with Crippen molar-refractivity contribution in [3.63, 3.8) is 0 Å². The monoisotopic (exact) mass is 548 g/mol. The van der Waals surface area contributed by atoms with Gasteiger partial charge in [0, 0.05) is 37.0 Å². The number of hydrogen-bond acceptors (Lipinski definition) is 10. The van der Waals surface area contributed by atoms with E-state index in [9.17, 15) is 24.3 Å². The number of aliphatic hydroxyl groups is 1.